The van der Waals surface area contributed by atoms with Crippen LogP contribution in [0.5, 0.6) is 5.75 Å². The van der Waals surface area contributed by atoms with Crippen LogP contribution in [0.2, 0.25) is 5.02 Å². The second kappa shape index (κ2) is 13.6. The molecule has 1 fully saturated rings. The minimum absolute atomic E-state index is 0.0766. The lowest BCUT2D eigenvalue weighted by Gasteiger charge is -2.36. The lowest BCUT2D eigenvalue weighted by Crippen LogP contribution is -2.52. The third-order valence-corrected chi connectivity index (χ3v) is 7.10. The Labute approximate surface area is 264 Å². The van der Waals surface area contributed by atoms with E-state index in [1.165, 1.54) is 23.4 Å². The number of fused-ring (bicyclic) bond motifs is 1. The van der Waals surface area contributed by atoms with E-state index < -0.39 is 23.8 Å². The highest BCUT2D eigenvalue weighted by Gasteiger charge is 2.32. The molecule has 1 aliphatic heterocycles. The Morgan fingerprint density at radius 3 is 2.78 bits per heavy atom. The number of ether oxygens (including phenoxy) is 4. The van der Waals surface area contributed by atoms with Gasteiger partial charge < -0.3 is 24.3 Å². The van der Waals surface area contributed by atoms with Crippen molar-refractivity contribution >= 4 is 46.5 Å². The summed E-state index contributed by atoms with van der Waals surface area (Å²) in [5.74, 6) is 0.577. The molecule has 1 unspecified atom stereocenters. The van der Waals surface area contributed by atoms with Crippen LogP contribution in [-0.2, 0) is 20.8 Å². The fourth-order valence-corrected chi connectivity index (χ4v) is 4.91. The van der Waals surface area contributed by atoms with Crippen LogP contribution < -0.4 is 15.4 Å². The van der Waals surface area contributed by atoms with Gasteiger partial charge in [0.2, 0.25) is 0 Å². The van der Waals surface area contributed by atoms with Crippen LogP contribution in [0.3, 0.4) is 0 Å². The molecule has 12 nitrogen and oxygen atoms in total. The zero-order valence-electron chi connectivity index (χ0n) is 25.3. The molecule has 0 radical (unpaired) electrons. The van der Waals surface area contributed by atoms with Gasteiger partial charge in [-0.25, -0.2) is 23.5 Å². The van der Waals surface area contributed by atoms with E-state index in [0.717, 1.165) is 0 Å². The third kappa shape index (κ3) is 8.11. The van der Waals surface area contributed by atoms with Gasteiger partial charge in [-0.15, -0.1) is 0 Å². The first kappa shape index (κ1) is 31.8. The number of amides is 2. The molecular weight excluding hydrogens is 607 g/mol. The summed E-state index contributed by atoms with van der Waals surface area (Å²) >= 11 is 6.47. The maximum Gasteiger partial charge on any atom is 0.411 e. The van der Waals surface area contributed by atoms with Crippen molar-refractivity contribution in [3.05, 3.63) is 77.0 Å². The molecule has 0 bridgehead atoms. The topological polar surface area (TPSA) is 129 Å². The van der Waals surface area contributed by atoms with E-state index >= 15 is 0 Å². The molecule has 0 aliphatic carbocycles. The second-order valence-electron chi connectivity index (χ2n) is 11.4. The predicted octanol–water partition coefficient (Wildman–Crippen LogP) is 6.34. The summed E-state index contributed by atoms with van der Waals surface area (Å²) in [5, 5.41) is 10.6. The Kier molecular flexibility index (Phi) is 9.59. The number of halogens is 2. The number of carbonyl (C=O) groups excluding carboxylic acids is 2. The zero-order chi connectivity index (χ0) is 32.1. The number of rotatable bonds is 8. The molecule has 14 heteroatoms. The summed E-state index contributed by atoms with van der Waals surface area (Å²) in [4.78, 5) is 31.3. The van der Waals surface area contributed by atoms with E-state index in [9.17, 15) is 14.0 Å². The van der Waals surface area contributed by atoms with E-state index in [4.69, 9.17) is 30.5 Å². The van der Waals surface area contributed by atoms with Crippen LogP contribution in [-0.4, -0.2) is 69.7 Å². The minimum Gasteiger partial charge on any atom is -0.487 e. The molecule has 3 heterocycles. The highest BCUT2D eigenvalue weighted by atomic mass is 35.5. The largest absolute Gasteiger partial charge is 0.487 e. The summed E-state index contributed by atoms with van der Waals surface area (Å²) in [6.45, 7) is 8.19. The van der Waals surface area contributed by atoms with Gasteiger partial charge in [-0.3, -0.25) is 10.2 Å². The van der Waals surface area contributed by atoms with E-state index in [2.05, 4.69) is 20.7 Å². The monoisotopic (exact) mass is 640 g/mol. The summed E-state index contributed by atoms with van der Waals surface area (Å²) in [6, 6.07) is 10.8. The highest BCUT2D eigenvalue weighted by Crippen LogP contribution is 2.32. The Morgan fingerprint density at radius 1 is 1.20 bits per heavy atom. The maximum atomic E-state index is 13.5. The number of hydrogen-bond donors (Lipinski definition) is 2. The standard InChI is InChI=1S/C31H34ClFN6O6/c1-19-25(37-29(40)44-17-23-16-42-11-10-38(23)30(41)45-31(2,3)4)14-39-27(19)28(34-18-35-39)36-22-8-9-26(24(32)13-22)43-15-20-6-5-7-21(33)12-20/h5-9,12-14,18,23H,10-11,15-17H2,1-4H3,(H,37,40)(H,34,35,36). The van der Waals surface area contributed by atoms with Gasteiger partial charge >= 0.3 is 12.2 Å². The Morgan fingerprint density at radius 2 is 2.02 bits per heavy atom. The normalized spacial score (nSPS) is 15.1. The van der Waals surface area contributed by atoms with Crippen LogP contribution in [0.15, 0.2) is 55.0 Å². The van der Waals surface area contributed by atoms with E-state index in [1.54, 1.807) is 61.8 Å². The van der Waals surface area contributed by atoms with Crippen LogP contribution >= 0.6 is 11.6 Å². The van der Waals surface area contributed by atoms with E-state index in [0.29, 0.717) is 57.8 Å². The average molecular weight is 641 g/mol. The molecule has 2 aromatic carbocycles. The molecule has 2 aromatic heterocycles. The predicted molar refractivity (Wildman–Crippen MR) is 166 cm³/mol. The Bertz CT molecular complexity index is 1690. The highest BCUT2D eigenvalue weighted by molar-refractivity contribution is 6.32. The van der Waals surface area contributed by atoms with E-state index in [-0.39, 0.29) is 25.6 Å². The second-order valence-corrected chi connectivity index (χ2v) is 11.8. The molecule has 0 spiro atoms. The summed E-state index contributed by atoms with van der Waals surface area (Å²) in [5.41, 5.74) is 2.43. The smallest absolute Gasteiger partial charge is 0.411 e. The van der Waals surface area contributed by atoms with Crippen molar-refractivity contribution < 1.29 is 32.9 Å². The molecule has 4 aromatic rings. The number of nitrogens with one attached hydrogen (secondary N) is 2. The van der Waals surface area contributed by atoms with Crippen molar-refractivity contribution in [1.29, 1.82) is 0 Å². The number of hydrogen-bond acceptors (Lipinski definition) is 9. The first-order chi connectivity index (χ1) is 21.5. The van der Waals surface area contributed by atoms with Gasteiger partial charge in [-0.2, -0.15) is 5.10 Å². The Hall–Kier alpha value is -4.62. The number of aryl methyl sites for hydroxylation is 1. The Balaban J connectivity index is 1.22. The fraction of sp³-hybridized carbons (Fsp3) is 0.355. The summed E-state index contributed by atoms with van der Waals surface area (Å²) in [6.07, 6.45) is 1.84. The van der Waals surface area contributed by atoms with Gasteiger partial charge in [0, 0.05) is 17.8 Å². The van der Waals surface area contributed by atoms with Crippen molar-refractivity contribution in [2.24, 2.45) is 0 Å². The minimum atomic E-state index is -0.702. The molecule has 1 saturated heterocycles. The number of nitrogens with zero attached hydrogens (tertiary/aromatic N) is 4. The van der Waals surface area contributed by atoms with Gasteiger partial charge in [0.25, 0.3) is 0 Å². The molecule has 238 valence electrons. The van der Waals surface area contributed by atoms with Crippen LogP contribution in [0, 0.1) is 12.7 Å². The van der Waals surface area contributed by atoms with Gasteiger partial charge in [-0.1, -0.05) is 23.7 Å². The molecule has 2 amide bonds. The molecule has 1 atom stereocenters. The van der Waals surface area contributed by atoms with Crippen molar-refractivity contribution in [2.75, 3.05) is 37.0 Å². The van der Waals surface area contributed by atoms with Crippen LogP contribution in [0.25, 0.3) is 5.52 Å². The molecule has 2 N–H and O–H groups in total. The fourth-order valence-electron chi connectivity index (χ4n) is 4.67. The van der Waals surface area contributed by atoms with Crippen LogP contribution in [0.1, 0.15) is 31.9 Å². The molecule has 5 rings (SSSR count). The van der Waals surface area contributed by atoms with Crippen LogP contribution in [0.4, 0.5) is 31.2 Å². The van der Waals surface area contributed by atoms with Crippen molar-refractivity contribution in [3.8, 4) is 5.75 Å². The average Bonchev–Trinajstić information content (AvgIpc) is 3.30. The lowest BCUT2D eigenvalue weighted by atomic mass is 10.2. The van der Waals surface area contributed by atoms with Gasteiger partial charge in [-0.05, 0) is 63.6 Å². The number of anilines is 3. The van der Waals surface area contributed by atoms with Crippen molar-refractivity contribution in [2.45, 2.75) is 45.9 Å². The third-order valence-electron chi connectivity index (χ3n) is 6.80. The van der Waals surface area contributed by atoms with Gasteiger partial charge in [0.15, 0.2) is 5.82 Å². The summed E-state index contributed by atoms with van der Waals surface area (Å²) in [7, 11) is 0. The van der Waals surface area contributed by atoms with Gasteiger partial charge in [0.1, 0.15) is 42.2 Å². The number of morpholine rings is 1. The number of aromatic nitrogens is 3. The first-order valence-electron chi connectivity index (χ1n) is 14.2. The quantitative estimate of drug-likeness (QED) is 0.227. The number of benzene rings is 2. The molecule has 45 heavy (non-hydrogen) atoms. The molecular formula is C31H34ClFN6O6. The maximum absolute atomic E-state index is 13.5. The van der Waals surface area contributed by atoms with Crippen molar-refractivity contribution in [1.82, 2.24) is 19.5 Å². The first-order valence-corrected chi connectivity index (χ1v) is 14.6. The SMILES string of the molecule is Cc1c(NC(=O)OCC2COCCN2C(=O)OC(C)(C)C)cn2ncnc(Nc3ccc(OCc4cccc(F)c4)c(Cl)c3)c12. The van der Waals surface area contributed by atoms with Crippen molar-refractivity contribution in [3.63, 3.8) is 0 Å². The zero-order valence-corrected chi connectivity index (χ0v) is 26.1. The van der Waals surface area contributed by atoms with Gasteiger partial charge in [0.05, 0.1) is 36.2 Å². The molecule has 0 saturated carbocycles. The molecule has 1 aliphatic rings. The number of carbonyl (C=O) groups is 2. The van der Waals surface area contributed by atoms with E-state index in [1.807, 2.05) is 6.92 Å². The lowest BCUT2D eigenvalue weighted by molar-refractivity contribution is -0.0453. The summed E-state index contributed by atoms with van der Waals surface area (Å²) < 4.78 is 37.3.